The van der Waals surface area contributed by atoms with E-state index >= 15 is 0 Å². The van der Waals surface area contributed by atoms with Gasteiger partial charge >= 0.3 is 0 Å². The first kappa shape index (κ1) is 9.42. The molecule has 1 nitrogen and oxygen atoms in total. The molecule has 66 valence electrons. The van der Waals surface area contributed by atoms with Crippen LogP contribution in [-0.2, 0) is 10.0 Å². The molecule has 1 aromatic carbocycles. The van der Waals surface area contributed by atoms with Gasteiger partial charge in [0.25, 0.3) is 0 Å². The second kappa shape index (κ2) is 3.37. The van der Waals surface area contributed by atoms with Gasteiger partial charge in [-0.15, -0.1) is 0 Å². The summed E-state index contributed by atoms with van der Waals surface area (Å²) in [6.45, 7) is 3.88. The largest absolute Gasteiger partial charge is 0.419 e. The zero-order valence-electron chi connectivity index (χ0n) is 7.60. The van der Waals surface area contributed by atoms with Gasteiger partial charge in [0, 0.05) is 0 Å². The standard InChI is InChI=1S/C9H13FOSi/c1-9(2,11-12)7-4-3-5-8(10)6-7/h3-6H,1-2,12H3. The zero-order chi connectivity index (χ0) is 9.19. The average Bonchev–Trinajstić information content (AvgIpc) is 2.05. The molecule has 0 aromatic heterocycles. The van der Waals surface area contributed by atoms with Crippen molar-refractivity contribution in [2.75, 3.05) is 0 Å². The lowest BCUT2D eigenvalue weighted by Gasteiger charge is -2.24. The molecule has 0 saturated carbocycles. The molecule has 0 unspecified atom stereocenters. The smallest absolute Gasteiger partial charge is 0.147 e. The fourth-order valence-electron chi connectivity index (χ4n) is 0.981. The first-order chi connectivity index (χ1) is 5.56. The lowest BCUT2D eigenvalue weighted by atomic mass is 9.99. The van der Waals surface area contributed by atoms with E-state index in [0.29, 0.717) is 10.5 Å². The summed E-state index contributed by atoms with van der Waals surface area (Å²) in [5.41, 5.74) is 0.534. The molecule has 0 radical (unpaired) electrons. The van der Waals surface area contributed by atoms with E-state index in [1.54, 1.807) is 6.07 Å². The summed E-state index contributed by atoms with van der Waals surface area (Å²) >= 11 is 0. The highest BCUT2D eigenvalue weighted by molar-refractivity contribution is 5.98. The highest BCUT2D eigenvalue weighted by Gasteiger charge is 2.18. The zero-order valence-corrected chi connectivity index (χ0v) is 9.60. The molecule has 12 heavy (non-hydrogen) atoms. The third kappa shape index (κ3) is 1.93. The van der Waals surface area contributed by atoms with Gasteiger partial charge in [-0.05, 0) is 31.5 Å². The minimum Gasteiger partial charge on any atom is -0.419 e. The molecule has 0 aliphatic carbocycles. The van der Waals surface area contributed by atoms with E-state index in [1.165, 1.54) is 12.1 Å². The fourth-order valence-corrected chi connectivity index (χ4v) is 1.22. The van der Waals surface area contributed by atoms with Crippen molar-refractivity contribution in [2.45, 2.75) is 19.4 Å². The van der Waals surface area contributed by atoms with Crippen LogP contribution in [0.2, 0.25) is 0 Å². The number of halogens is 1. The number of rotatable bonds is 2. The van der Waals surface area contributed by atoms with Gasteiger partial charge in [0.2, 0.25) is 0 Å². The molecule has 1 rings (SSSR count). The molecule has 1 aromatic rings. The van der Waals surface area contributed by atoms with Crippen molar-refractivity contribution in [2.24, 2.45) is 0 Å². The van der Waals surface area contributed by atoms with Crippen LogP contribution in [0.1, 0.15) is 19.4 Å². The first-order valence-electron chi connectivity index (χ1n) is 3.87. The Morgan fingerprint density at radius 1 is 1.42 bits per heavy atom. The lowest BCUT2D eigenvalue weighted by molar-refractivity contribution is 0.123. The van der Waals surface area contributed by atoms with Crippen molar-refractivity contribution in [1.29, 1.82) is 0 Å². The maximum atomic E-state index is 12.8. The van der Waals surface area contributed by atoms with Crippen LogP contribution in [0.4, 0.5) is 4.39 Å². The summed E-state index contributed by atoms with van der Waals surface area (Å²) in [7, 11) is 0.658. The molecule has 0 saturated heterocycles. The van der Waals surface area contributed by atoms with Crippen LogP contribution in [0.25, 0.3) is 0 Å². The molecule has 0 aliphatic heterocycles. The summed E-state index contributed by atoms with van der Waals surface area (Å²) in [6.07, 6.45) is 0. The van der Waals surface area contributed by atoms with Gasteiger partial charge in [0.05, 0.1) is 5.60 Å². The molecule has 0 amide bonds. The Balaban J connectivity index is 3.03. The highest BCUT2D eigenvalue weighted by Crippen LogP contribution is 2.23. The Kier molecular flexibility index (Phi) is 2.64. The summed E-state index contributed by atoms with van der Waals surface area (Å²) < 4.78 is 18.1. The van der Waals surface area contributed by atoms with Gasteiger partial charge in [-0.1, -0.05) is 12.1 Å². The molecule has 3 heteroatoms. The highest BCUT2D eigenvalue weighted by atomic mass is 28.2. The van der Waals surface area contributed by atoms with Gasteiger partial charge in [-0.3, -0.25) is 0 Å². The van der Waals surface area contributed by atoms with Crippen molar-refractivity contribution in [3.8, 4) is 0 Å². The third-order valence-corrected chi connectivity index (χ3v) is 3.05. The van der Waals surface area contributed by atoms with Crippen LogP contribution in [-0.4, -0.2) is 10.5 Å². The Bertz CT molecular complexity index is 273. The first-order valence-corrected chi connectivity index (χ1v) is 4.69. The van der Waals surface area contributed by atoms with Crippen molar-refractivity contribution in [1.82, 2.24) is 0 Å². The molecule has 0 aliphatic rings. The van der Waals surface area contributed by atoms with Crippen LogP contribution < -0.4 is 0 Å². The summed E-state index contributed by atoms with van der Waals surface area (Å²) in [5.74, 6) is -0.209. The van der Waals surface area contributed by atoms with Gasteiger partial charge in [0.15, 0.2) is 0 Å². The molecule has 0 fully saturated rings. The van der Waals surface area contributed by atoms with E-state index in [-0.39, 0.29) is 11.4 Å². The fraction of sp³-hybridized carbons (Fsp3) is 0.333. The van der Waals surface area contributed by atoms with E-state index in [0.717, 1.165) is 5.56 Å². The van der Waals surface area contributed by atoms with E-state index < -0.39 is 0 Å². The molecule has 0 heterocycles. The topological polar surface area (TPSA) is 9.23 Å². The summed E-state index contributed by atoms with van der Waals surface area (Å²) in [6, 6.07) is 6.53. The molecule has 0 N–H and O–H groups in total. The second-order valence-corrected chi connectivity index (χ2v) is 3.63. The molecular formula is C9H13FOSi. The number of hydrogen-bond acceptors (Lipinski definition) is 1. The Morgan fingerprint density at radius 3 is 2.58 bits per heavy atom. The van der Waals surface area contributed by atoms with Crippen LogP contribution in [0.15, 0.2) is 24.3 Å². The minimum absolute atomic E-state index is 0.209. The minimum atomic E-state index is -0.353. The van der Waals surface area contributed by atoms with Crippen molar-refractivity contribution >= 4 is 10.5 Å². The maximum absolute atomic E-state index is 12.8. The Morgan fingerprint density at radius 2 is 2.08 bits per heavy atom. The average molecular weight is 184 g/mol. The second-order valence-electron chi connectivity index (χ2n) is 3.22. The van der Waals surface area contributed by atoms with Crippen molar-refractivity contribution in [3.05, 3.63) is 35.6 Å². The van der Waals surface area contributed by atoms with Crippen molar-refractivity contribution < 1.29 is 8.82 Å². The third-order valence-electron chi connectivity index (χ3n) is 2.03. The van der Waals surface area contributed by atoms with E-state index in [4.69, 9.17) is 4.43 Å². The molecular weight excluding hydrogens is 171 g/mol. The Hall–Kier alpha value is -0.673. The number of benzene rings is 1. The van der Waals surface area contributed by atoms with Gasteiger partial charge < -0.3 is 4.43 Å². The normalized spacial score (nSPS) is 11.9. The van der Waals surface area contributed by atoms with E-state index in [9.17, 15) is 4.39 Å². The maximum Gasteiger partial charge on any atom is 0.147 e. The Labute approximate surface area is 75.1 Å². The van der Waals surface area contributed by atoms with Gasteiger partial charge in [-0.2, -0.15) is 0 Å². The van der Waals surface area contributed by atoms with Crippen LogP contribution >= 0.6 is 0 Å². The quantitative estimate of drug-likeness (QED) is 0.631. The molecule has 0 spiro atoms. The SMILES string of the molecule is CC(C)(O[SiH3])c1cccc(F)c1. The van der Waals surface area contributed by atoms with E-state index in [2.05, 4.69) is 0 Å². The van der Waals surface area contributed by atoms with Crippen LogP contribution in [0.3, 0.4) is 0 Å². The van der Waals surface area contributed by atoms with Gasteiger partial charge in [0.1, 0.15) is 16.3 Å². The van der Waals surface area contributed by atoms with Crippen molar-refractivity contribution in [3.63, 3.8) is 0 Å². The number of hydrogen-bond donors (Lipinski definition) is 0. The molecule has 0 atom stereocenters. The van der Waals surface area contributed by atoms with Crippen LogP contribution in [0, 0.1) is 5.82 Å². The monoisotopic (exact) mass is 184 g/mol. The van der Waals surface area contributed by atoms with Crippen LogP contribution in [0.5, 0.6) is 0 Å². The molecule has 0 bridgehead atoms. The van der Waals surface area contributed by atoms with Gasteiger partial charge in [-0.25, -0.2) is 4.39 Å². The predicted octanol–water partition coefficient (Wildman–Crippen LogP) is 1.36. The summed E-state index contributed by atoms with van der Waals surface area (Å²) in [4.78, 5) is 0. The lowest BCUT2D eigenvalue weighted by Crippen LogP contribution is -2.20. The summed E-state index contributed by atoms with van der Waals surface area (Å²) in [5, 5.41) is 0. The van der Waals surface area contributed by atoms with E-state index in [1.807, 2.05) is 19.9 Å². The predicted molar refractivity (Wildman–Crippen MR) is 50.5 cm³/mol.